The zero-order valence-electron chi connectivity index (χ0n) is 22.5. The fraction of sp³-hybridized carbons (Fsp3) is 0.483. The number of hydrogen-bond donors (Lipinski definition) is 4. The van der Waals surface area contributed by atoms with E-state index >= 15 is 0 Å². The number of rotatable bonds is 9. The molecular formula is C29H38N2O7. The lowest BCUT2D eigenvalue weighted by Gasteiger charge is -2.39. The van der Waals surface area contributed by atoms with Crippen LogP contribution >= 0.6 is 0 Å². The molecule has 5 atom stereocenters. The average Bonchev–Trinajstić information content (AvgIpc) is 3.27. The van der Waals surface area contributed by atoms with Crippen molar-refractivity contribution in [2.24, 2.45) is 0 Å². The fourth-order valence-corrected chi connectivity index (χ4v) is 4.63. The molecule has 4 rings (SSSR count). The first-order valence-electron chi connectivity index (χ1n) is 13.0. The van der Waals surface area contributed by atoms with Crippen molar-refractivity contribution in [3.63, 3.8) is 0 Å². The van der Waals surface area contributed by atoms with Crippen LogP contribution in [0, 0.1) is 0 Å². The SMILES string of the molecule is COc1ccc(Cc2c(O[C@@H]3O[C@H](CO)[C@@H](O)[C@H](O)[C@H]3O)nn(C(C)C)c2-c2ccc(C(C)C)cc2)cc1. The van der Waals surface area contributed by atoms with Crippen molar-refractivity contribution in [2.75, 3.05) is 13.7 Å². The molecule has 1 fully saturated rings. The summed E-state index contributed by atoms with van der Waals surface area (Å²) in [6, 6.07) is 16.0. The highest BCUT2D eigenvalue weighted by Crippen LogP contribution is 2.37. The van der Waals surface area contributed by atoms with Crippen molar-refractivity contribution in [3.05, 3.63) is 65.2 Å². The normalized spacial score (nSPS) is 23.7. The second-order valence-electron chi connectivity index (χ2n) is 10.3. The number of aliphatic hydroxyl groups is 4. The average molecular weight is 527 g/mol. The lowest BCUT2D eigenvalue weighted by Crippen LogP contribution is -2.60. The summed E-state index contributed by atoms with van der Waals surface area (Å²) in [6.45, 7) is 7.79. The number of nitrogens with zero attached hydrogens (tertiary/aromatic N) is 2. The number of ether oxygens (including phenoxy) is 3. The van der Waals surface area contributed by atoms with E-state index in [-0.39, 0.29) is 11.9 Å². The molecule has 2 aromatic carbocycles. The molecule has 0 radical (unpaired) electrons. The molecule has 1 aromatic heterocycles. The summed E-state index contributed by atoms with van der Waals surface area (Å²) in [6.07, 6.45) is -6.53. The van der Waals surface area contributed by atoms with Gasteiger partial charge in [-0.2, -0.15) is 0 Å². The van der Waals surface area contributed by atoms with Crippen molar-refractivity contribution < 1.29 is 34.6 Å². The topological polar surface area (TPSA) is 126 Å². The lowest BCUT2D eigenvalue weighted by molar-refractivity contribution is -0.278. The van der Waals surface area contributed by atoms with Crippen LogP contribution in [0.5, 0.6) is 11.6 Å². The van der Waals surface area contributed by atoms with E-state index in [4.69, 9.17) is 19.3 Å². The minimum atomic E-state index is -1.55. The monoisotopic (exact) mass is 526 g/mol. The number of methoxy groups -OCH3 is 1. The summed E-state index contributed by atoms with van der Waals surface area (Å²) in [4.78, 5) is 0. The van der Waals surface area contributed by atoms with Crippen LogP contribution < -0.4 is 9.47 Å². The highest BCUT2D eigenvalue weighted by Gasteiger charge is 2.45. The maximum absolute atomic E-state index is 10.6. The van der Waals surface area contributed by atoms with Crippen molar-refractivity contribution in [3.8, 4) is 22.9 Å². The largest absolute Gasteiger partial charge is 0.497 e. The quantitative estimate of drug-likeness (QED) is 0.335. The van der Waals surface area contributed by atoms with Crippen molar-refractivity contribution >= 4 is 0 Å². The van der Waals surface area contributed by atoms with Crippen LogP contribution in [-0.4, -0.2) is 74.6 Å². The third kappa shape index (κ3) is 5.72. The van der Waals surface area contributed by atoms with E-state index in [9.17, 15) is 20.4 Å². The molecule has 0 spiro atoms. The molecule has 0 amide bonds. The molecule has 9 heteroatoms. The molecule has 4 N–H and O–H groups in total. The van der Waals surface area contributed by atoms with Gasteiger partial charge in [-0.15, -0.1) is 5.10 Å². The molecule has 0 bridgehead atoms. The Morgan fingerprint density at radius 3 is 2.13 bits per heavy atom. The minimum absolute atomic E-state index is 0.0171. The van der Waals surface area contributed by atoms with Gasteiger partial charge in [0.25, 0.3) is 0 Å². The first kappa shape index (κ1) is 28.1. The zero-order valence-corrected chi connectivity index (χ0v) is 22.5. The van der Waals surface area contributed by atoms with Crippen LogP contribution in [0.15, 0.2) is 48.5 Å². The van der Waals surface area contributed by atoms with Crippen molar-refractivity contribution in [1.29, 1.82) is 0 Å². The Morgan fingerprint density at radius 2 is 1.58 bits per heavy atom. The fourth-order valence-electron chi connectivity index (χ4n) is 4.63. The number of hydrogen-bond acceptors (Lipinski definition) is 8. The van der Waals surface area contributed by atoms with E-state index in [2.05, 4.69) is 38.1 Å². The molecule has 38 heavy (non-hydrogen) atoms. The summed E-state index contributed by atoms with van der Waals surface area (Å²) in [5.41, 5.74) is 4.82. The predicted octanol–water partition coefficient (Wildman–Crippen LogP) is 3.03. The van der Waals surface area contributed by atoms with E-state index in [1.807, 2.05) is 42.8 Å². The molecule has 1 aliphatic rings. The summed E-state index contributed by atoms with van der Waals surface area (Å²) < 4.78 is 18.9. The Bertz CT molecular complexity index is 1190. The van der Waals surface area contributed by atoms with Gasteiger partial charge in [-0.1, -0.05) is 50.2 Å². The molecule has 0 aliphatic carbocycles. The van der Waals surface area contributed by atoms with Gasteiger partial charge in [0.1, 0.15) is 30.2 Å². The molecule has 1 aliphatic heterocycles. The zero-order chi connectivity index (χ0) is 27.6. The molecule has 0 saturated carbocycles. The predicted molar refractivity (Wildman–Crippen MR) is 142 cm³/mol. The van der Waals surface area contributed by atoms with Crippen molar-refractivity contribution in [1.82, 2.24) is 9.78 Å². The summed E-state index contributed by atoms with van der Waals surface area (Å²) in [5.74, 6) is 1.37. The van der Waals surface area contributed by atoms with Crippen LogP contribution in [0.25, 0.3) is 11.3 Å². The van der Waals surface area contributed by atoms with E-state index in [0.29, 0.717) is 12.3 Å². The van der Waals surface area contributed by atoms with Gasteiger partial charge >= 0.3 is 0 Å². The van der Waals surface area contributed by atoms with Crippen LogP contribution in [0.2, 0.25) is 0 Å². The van der Waals surface area contributed by atoms with E-state index in [1.165, 1.54) is 5.56 Å². The molecule has 2 heterocycles. The maximum Gasteiger partial charge on any atom is 0.239 e. The van der Waals surface area contributed by atoms with Gasteiger partial charge in [0.05, 0.1) is 19.4 Å². The minimum Gasteiger partial charge on any atom is -0.497 e. The molecular weight excluding hydrogens is 488 g/mol. The van der Waals surface area contributed by atoms with Crippen molar-refractivity contribution in [2.45, 2.75) is 76.8 Å². The summed E-state index contributed by atoms with van der Waals surface area (Å²) in [7, 11) is 1.62. The van der Waals surface area contributed by atoms with Gasteiger partial charge < -0.3 is 34.6 Å². The van der Waals surface area contributed by atoms with Gasteiger partial charge in [-0.25, -0.2) is 0 Å². The van der Waals surface area contributed by atoms with Gasteiger partial charge in [0, 0.05) is 23.6 Å². The molecule has 3 aromatic rings. The summed E-state index contributed by atoms with van der Waals surface area (Å²) >= 11 is 0. The Kier molecular flexibility index (Phi) is 8.74. The molecule has 1 saturated heterocycles. The number of aliphatic hydroxyl groups excluding tert-OH is 4. The van der Waals surface area contributed by atoms with Crippen LogP contribution in [0.1, 0.15) is 56.3 Å². The smallest absolute Gasteiger partial charge is 0.239 e. The van der Waals surface area contributed by atoms with Crippen LogP contribution in [0.3, 0.4) is 0 Å². The Morgan fingerprint density at radius 1 is 0.921 bits per heavy atom. The number of aromatic nitrogens is 2. The van der Waals surface area contributed by atoms with E-state index < -0.39 is 37.3 Å². The van der Waals surface area contributed by atoms with E-state index in [1.54, 1.807) is 7.11 Å². The summed E-state index contributed by atoms with van der Waals surface area (Å²) in [5, 5.41) is 45.5. The second-order valence-corrected chi connectivity index (χ2v) is 10.3. The molecule has 206 valence electrons. The Hall–Kier alpha value is -2.95. The maximum atomic E-state index is 10.6. The molecule has 0 unspecified atom stereocenters. The van der Waals surface area contributed by atoms with Gasteiger partial charge in [0.2, 0.25) is 12.2 Å². The third-order valence-corrected chi connectivity index (χ3v) is 6.93. The van der Waals surface area contributed by atoms with Crippen LogP contribution in [0.4, 0.5) is 0 Å². The molecule has 9 nitrogen and oxygen atoms in total. The highest BCUT2D eigenvalue weighted by molar-refractivity contribution is 5.67. The Balaban J connectivity index is 1.80. The highest BCUT2D eigenvalue weighted by atomic mass is 16.7. The first-order valence-corrected chi connectivity index (χ1v) is 13.0. The van der Waals surface area contributed by atoms with Gasteiger partial charge in [-0.05, 0) is 43.0 Å². The van der Waals surface area contributed by atoms with Crippen LogP contribution in [-0.2, 0) is 11.2 Å². The first-order chi connectivity index (χ1) is 18.1. The van der Waals surface area contributed by atoms with Gasteiger partial charge in [-0.3, -0.25) is 4.68 Å². The lowest BCUT2D eigenvalue weighted by atomic mass is 9.97. The second kappa shape index (κ2) is 11.8. The third-order valence-electron chi connectivity index (χ3n) is 6.93. The van der Waals surface area contributed by atoms with E-state index in [0.717, 1.165) is 28.1 Å². The standard InChI is InChI=1S/C29H38N2O7/c1-16(2)19-8-10-20(11-9-19)24-22(14-18-6-12-21(36-5)13-7-18)28(30-31(24)17(3)4)38-29-27(35)26(34)25(33)23(15-32)37-29/h6-13,16-17,23,25-27,29,32-35H,14-15H2,1-5H3/t23-,25-,26+,27-,29+/m1/s1. The number of benzene rings is 2. The van der Waals surface area contributed by atoms with Gasteiger partial charge in [0.15, 0.2) is 0 Å². The Labute approximate surface area is 223 Å².